The number of hydrogen-bond donors (Lipinski definition) is 3. The van der Waals surface area contributed by atoms with Crippen molar-refractivity contribution in [3.05, 3.63) is 22.4 Å². The second-order valence-electron chi connectivity index (χ2n) is 4.82. The van der Waals surface area contributed by atoms with Crippen molar-refractivity contribution in [1.29, 1.82) is 0 Å². The van der Waals surface area contributed by atoms with E-state index in [-0.39, 0.29) is 34.1 Å². The lowest BCUT2D eigenvalue weighted by Crippen LogP contribution is -2.30. The maximum atomic E-state index is 13.3. The fraction of sp³-hybridized carbons (Fsp3) is 0.538. The van der Waals surface area contributed by atoms with Crippen molar-refractivity contribution in [2.45, 2.75) is 31.1 Å². The van der Waals surface area contributed by atoms with Gasteiger partial charge < -0.3 is 10.8 Å². The van der Waals surface area contributed by atoms with E-state index in [4.69, 9.17) is 10.8 Å². The van der Waals surface area contributed by atoms with Crippen molar-refractivity contribution in [1.82, 2.24) is 4.72 Å². The average molecular weight is 383 g/mol. The van der Waals surface area contributed by atoms with Gasteiger partial charge in [-0.25, -0.2) is 17.5 Å². The molecule has 0 fully saturated rings. The first-order chi connectivity index (χ1) is 9.81. The molecule has 0 amide bonds. The van der Waals surface area contributed by atoms with E-state index in [2.05, 4.69) is 20.7 Å². The van der Waals surface area contributed by atoms with Gasteiger partial charge >= 0.3 is 0 Å². The quantitative estimate of drug-likeness (QED) is 0.601. The minimum Gasteiger partial charge on any atom is -0.398 e. The number of rotatable bonds is 8. The van der Waals surface area contributed by atoms with Crippen LogP contribution in [-0.4, -0.2) is 26.7 Å². The standard InChI is InChI=1S/C13H20BrFN2O3S/c1-2-3-9(4-5-18)8-17-21(19,20)13-6-10(14)11(15)7-12(13)16/h6-7,9,17-18H,2-5,8,16H2,1H3. The highest BCUT2D eigenvalue weighted by Crippen LogP contribution is 2.26. The van der Waals surface area contributed by atoms with Crippen LogP contribution in [0.2, 0.25) is 0 Å². The first-order valence-corrected chi connectivity index (χ1v) is 8.94. The summed E-state index contributed by atoms with van der Waals surface area (Å²) in [5, 5.41) is 8.98. The molecule has 0 aliphatic heterocycles. The molecule has 0 bridgehead atoms. The molecule has 120 valence electrons. The van der Waals surface area contributed by atoms with Gasteiger partial charge in [0.15, 0.2) is 0 Å². The fourth-order valence-electron chi connectivity index (χ4n) is 2.02. The predicted octanol–water partition coefficient (Wildman–Crippen LogP) is 2.25. The van der Waals surface area contributed by atoms with Crippen LogP contribution in [0.15, 0.2) is 21.5 Å². The van der Waals surface area contributed by atoms with E-state index >= 15 is 0 Å². The van der Waals surface area contributed by atoms with Crippen LogP contribution in [0.3, 0.4) is 0 Å². The maximum Gasteiger partial charge on any atom is 0.242 e. The van der Waals surface area contributed by atoms with E-state index in [9.17, 15) is 12.8 Å². The zero-order valence-corrected chi connectivity index (χ0v) is 14.2. The lowest BCUT2D eigenvalue weighted by molar-refractivity contribution is 0.251. The number of nitrogens with two attached hydrogens (primary N) is 1. The van der Waals surface area contributed by atoms with Crippen molar-refractivity contribution in [3.63, 3.8) is 0 Å². The van der Waals surface area contributed by atoms with Crippen LogP contribution in [0, 0.1) is 11.7 Å². The zero-order valence-electron chi connectivity index (χ0n) is 11.8. The molecule has 1 rings (SSSR count). The van der Waals surface area contributed by atoms with E-state index in [1.807, 2.05) is 6.92 Å². The Morgan fingerprint density at radius 3 is 2.67 bits per heavy atom. The van der Waals surface area contributed by atoms with E-state index in [0.717, 1.165) is 25.0 Å². The Morgan fingerprint density at radius 2 is 2.10 bits per heavy atom. The molecule has 5 nitrogen and oxygen atoms in total. The predicted molar refractivity (Wildman–Crippen MR) is 83.8 cm³/mol. The Kier molecular flexibility index (Phi) is 7.05. The summed E-state index contributed by atoms with van der Waals surface area (Å²) in [5.41, 5.74) is 5.44. The summed E-state index contributed by atoms with van der Waals surface area (Å²) in [6.07, 6.45) is 2.24. The van der Waals surface area contributed by atoms with Gasteiger partial charge in [0, 0.05) is 13.2 Å². The lowest BCUT2D eigenvalue weighted by atomic mass is 10.0. The van der Waals surface area contributed by atoms with Gasteiger partial charge in [-0.1, -0.05) is 13.3 Å². The number of benzene rings is 1. The summed E-state index contributed by atoms with van der Waals surface area (Å²) < 4.78 is 40.3. The largest absolute Gasteiger partial charge is 0.398 e. The van der Waals surface area contributed by atoms with Gasteiger partial charge in [-0.15, -0.1) is 0 Å². The van der Waals surface area contributed by atoms with Crippen LogP contribution < -0.4 is 10.5 Å². The summed E-state index contributed by atoms with van der Waals surface area (Å²) in [7, 11) is -3.82. The Hall–Kier alpha value is -0.700. The molecular formula is C13H20BrFN2O3S. The van der Waals surface area contributed by atoms with Crippen molar-refractivity contribution in [3.8, 4) is 0 Å². The second-order valence-corrected chi connectivity index (χ2v) is 7.41. The molecule has 1 unspecified atom stereocenters. The summed E-state index contributed by atoms with van der Waals surface area (Å²) in [4.78, 5) is -0.157. The Bertz CT molecular complexity index is 575. The number of anilines is 1. The van der Waals surface area contributed by atoms with Gasteiger partial charge in [0.2, 0.25) is 10.0 Å². The molecule has 4 N–H and O–H groups in total. The van der Waals surface area contributed by atoms with E-state index in [0.29, 0.717) is 6.42 Å². The van der Waals surface area contributed by atoms with Crippen LogP contribution in [0.25, 0.3) is 0 Å². The minimum absolute atomic E-state index is 0.0105. The summed E-state index contributed by atoms with van der Waals surface area (Å²) >= 11 is 2.95. The van der Waals surface area contributed by atoms with Crippen molar-refractivity contribution in [2.24, 2.45) is 5.92 Å². The molecule has 0 saturated heterocycles. The van der Waals surface area contributed by atoms with E-state index in [1.54, 1.807) is 0 Å². The number of hydrogen-bond acceptors (Lipinski definition) is 4. The molecule has 1 aromatic rings. The highest BCUT2D eigenvalue weighted by molar-refractivity contribution is 9.10. The fourth-order valence-corrected chi connectivity index (χ4v) is 3.77. The molecule has 0 aromatic heterocycles. The van der Waals surface area contributed by atoms with Crippen LogP contribution in [-0.2, 0) is 10.0 Å². The van der Waals surface area contributed by atoms with Crippen molar-refractivity contribution < 1.29 is 17.9 Å². The van der Waals surface area contributed by atoms with Crippen LogP contribution in [0.1, 0.15) is 26.2 Å². The van der Waals surface area contributed by atoms with Gasteiger partial charge in [0.1, 0.15) is 10.7 Å². The Labute approximate surface area is 132 Å². The number of nitrogens with one attached hydrogen (secondary N) is 1. The van der Waals surface area contributed by atoms with Gasteiger partial charge in [-0.05, 0) is 46.8 Å². The van der Waals surface area contributed by atoms with Crippen LogP contribution in [0.4, 0.5) is 10.1 Å². The minimum atomic E-state index is -3.82. The third-order valence-electron chi connectivity index (χ3n) is 3.14. The highest BCUT2D eigenvalue weighted by atomic mass is 79.9. The monoisotopic (exact) mass is 382 g/mol. The van der Waals surface area contributed by atoms with Gasteiger partial charge in [-0.3, -0.25) is 0 Å². The first kappa shape index (κ1) is 18.3. The Balaban J connectivity index is 2.89. The summed E-state index contributed by atoms with van der Waals surface area (Å²) in [6, 6.07) is 2.11. The number of nitrogen functional groups attached to an aromatic ring is 1. The first-order valence-electron chi connectivity index (χ1n) is 6.66. The van der Waals surface area contributed by atoms with Crippen LogP contribution >= 0.6 is 15.9 Å². The third-order valence-corrected chi connectivity index (χ3v) is 5.23. The SMILES string of the molecule is CCCC(CCO)CNS(=O)(=O)c1cc(Br)c(F)cc1N. The number of halogens is 2. The van der Waals surface area contributed by atoms with Gasteiger partial charge in [0.25, 0.3) is 0 Å². The molecule has 1 atom stereocenters. The maximum absolute atomic E-state index is 13.3. The molecule has 0 spiro atoms. The third kappa shape index (κ3) is 5.21. The molecule has 1 aromatic carbocycles. The number of sulfonamides is 1. The Morgan fingerprint density at radius 1 is 1.43 bits per heavy atom. The second kappa shape index (κ2) is 8.07. The molecule has 0 radical (unpaired) electrons. The van der Waals surface area contributed by atoms with E-state index in [1.165, 1.54) is 0 Å². The van der Waals surface area contributed by atoms with Gasteiger partial charge in [-0.2, -0.15) is 0 Å². The summed E-state index contributed by atoms with van der Waals surface area (Å²) in [5.74, 6) is -0.560. The molecule has 21 heavy (non-hydrogen) atoms. The average Bonchev–Trinajstić information content (AvgIpc) is 2.40. The smallest absolute Gasteiger partial charge is 0.242 e. The molecule has 0 saturated carbocycles. The molecule has 0 aliphatic rings. The summed E-state index contributed by atoms with van der Waals surface area (Å²) in [6.45, 7) is 2.22. The van der Waals surface area contributed by atoms with E-state index < -0.39 is 15.8 Å². The number of aliphatic hydroxyl groups is 1. The normalized spacial score (nSPS) is 13.3. The lowest BCUT2D eigenvalue weighted by Gasteiger charge is -2.16. The van der Waals surface area contributed by atoms with Crippen LogP contribution in [0.5, 0.6) is 0 Å². The molecule has 8 heteroatoms. The topological polar surface area (TPSA) is 92.4 Å². The van der Waals surface area contributed by atoms with Gasteiger partial charge in [0.05, 0.1) is 10.2 Å². The zero-order chi connectivity index (χ0) is 16.0. The van der Waals surface area contributed by atoms with Crippen molar-refractivity contribution >= 4 is 31.6 Å². The molecule has 0 aliphatic carbocycles. The molecular weight excluding hydrogens is 363 g/mol. The molecule has 0 heterocycles. The number of aliphatic hydroxyl groups excluding tert-OH is 1. The van der Waals surface area contributed by atoms with Crippen molar-refractivity contribution in [2.75, 3.05) is 18.9 Å². The highest BCUT2D eigenvalue weighted by Gasteiger charge is 2.21.